The molecular formula is C17H16FN3. The first-order valence-corrected chi connectivity index (χ1v) is 6.80. The van der Waals surface area contributed by atoms with Crippen molar-refractivity contribution < 1.29 is 4.39 Å². The molecule has 0 aliphatic rings. The topological polar surface area (TPSA) is 37.8 Å². The summed E-state index contributed by atoms with van der Waals surface area (Å²) in [4.78, 5) is 9.08. The van der Waals surface area contributed by atoms with E-state index in [4.69, 9.17) is 0 Å². The van der Waals surface area contributed by atoms with E-state index < -0.39 is 0 Å². The molecule has 3 aromatic rings. The summed E-state index contributed by atoms with van der Waals surface area (Å²) in [6.45, 7) is 4.10. The number of nitrogens with zero attached hydrogens (tertiary/aromatic N) is 2. The smallest absolute Gasteiger partial charge is 0.162 e. The molecule has 0 bridgehead atoms. The van der Waals surface area contributed by atoms with Gasteiger partial charge < -0.3 is 5.32 Å². The molecule has 1 heterocycles. The Bertz CT molecular complexity index is 807. The summed E-state index contributed by atoms with van der Waals surface area (Å²) in [6, 6.07) is 10.8. The number of aromatic nitrogens is 2. The summed E-state index contributed by atoms with van der Waals surface area (Å²) in [6.07, 6.45) is 0. The quantitative estimate of drug-likeness (QED) is 0.768. The van der Waals surface area contributed by atoms with Crippen molar-refractivity contribution in [3.8, 4) is 11.4 Å². The first-order valence-electron chi connectivity index (χ1n) is 6.80. The van der Waals surface area contributed by atoms with Crippen LogP contribution in [-0.4, -0.2) is 17.0 Å². The molecule has 0 fully saturated rings. The van der Waals surface area contributed by atoms with Gasteiger partial charge in [-0.1, -0.05) is 17.2 Å². The van der Waals surface area contributed by atoms with Crippen molar-refractivity contribution >= 4 is 16.7 Å². The van der Waals surface area contributed by atoms with Gasteiger partial charge in [-0.25, -0.2) is 14.4 Å². The van der Waals surface area contributed by atoms with Crippen molar-refractivity contribution in [2.75, 3.05) is 12.4 Å². The monoisotopic (exact) mass is 281 g/mol. The number of nitrogens with one attached hydrogen (secondary N) is 1. The Morgan fingerprint density at radius 1 is 0.952 bits per heavy atom. The number of fused-ring (bicyclic) bond motifs is 1. The second-order valence-electron chi connectivity index (χ2n) is 5.18. The number of rotatable bonds is 2. The second kappa shape index (κ2) is 5.13. The van der Waals surface area contributed by atoms with E-state index in [9.17, 15) is 4.39 Å². The molecule has 21 heavy (non-hydrogen) atoms. The van der Waals surface area contributed by atoms with Gasteiger partial charge in [0, 0.05) is 18.0 Å². The van der Waals surface area contributed by atoms with Crippen LogP contribution in [0.3, 0.4) is 0 Å². The predicted molar refractivity (Wildman–Crippen MR) is 84.0 cm³/mol. The molecule has 1 aromatic heterocycles. The van der Waals surface area contributed by atoms with E-state index in [1.54, 1.807) is 13.1 Å². The zero-order valence-electron chi connectivity index (χ0n) is 12.2. The predicted octanol–water partition coefficient (Wildman–Crippen LogP) is 4.09. The molecule has 0 spiro atoms. The Balaban J connectivity index is 2.26. The fraction of sp³-hybridized carbons (Fsp3) is 0.176. The minimum atomic E-state index is -0.290. The molecule has 2 aromatic carbocycles. The molecule has 0 aliphatic heterocycles. The molecule has 0 amide bonds. The lowest BCUT2D eigenvalue weighted by Gasteiger charge is -2.09. The van der Waals surface area contributed by atoms with Crippen molar-refractivity contribution in [3.05, 3.63) is 53.3 Å². The van der Waals surface area contributed by atoms with Crippen LogP contribution < -0.4 is 5.32 Å². The maximum atomic E-state index is 13.4. The highest BCUT2D eigenvalue weighted by Gasteiger charge is 2.10. The zero-order chi connectivity index (χ0) is 15.0. The van der Waals surface area contributed by atoms with Crippen molar-refractivity contribution in [2.24, 2.45) is 0 Å². The second-order valence-corrected chi connectivity index (χ2v) is 5.18. The van der Waals surface area contributed by atoms with Crippen LogP contribution in [0, 0.1) is 19.7 Å². The normalized spacial score (nSPS) is 10.9. The van der Waals surface area contributed by atoms with Gasteiger partial charge in [-0.3, -0.25) is 0 Å². The van der Waals surface area contributed by atoms with Crippen LogP contribution in [-0.2, 0) is 0 Å². The standard InChI is InChI=1S/C17H16FN3/c1-10-6-11(2)8-12(7-10)16-20-15-5-4-13(18)9-14(15)17(19-3)21-16/h4-9H,1-3H3,(H,19,20,21). The Morgan fingerprint density at radius 3 is 2.33 bits per heavy atom. The highest BCUT2D eigenvalue weighted by molar-refractivity contribution is 5.90. The third-order valence-electron chi connectivity index (χ3n) is 3.37. The summed E-state index contributed by atoms with van der Waals surface area (Å²) < 4.78 is 13.4. The van der Waals surface area contributed by atoms with Gasteiger partial charge in [0.05, 0.1) is 5.52 Å². The lowest BCUT2D eigenvalue weighted by Crippen LogP contribution is -1.99. The third-order valence-corrected chi connectivity index (χ3v) is 3.37. The fourth-order valence-corrected chi connectivity index (χ4v) is 2.52. The number of aryl methyl sites for hydroxylation is 2. The Hall–Kier alpha value is -2.49. The third kappa shape index (κ3) is 2.57. The van der Waals surface area contributed by atoms with Gasteiger partial charge in [-0.15, -0.1) is 0 Å². The molecule has 1 N–H and O–H groups in total. The molecular weight excluding hydrogens is 265 g/mol. The summed E-state index contributed by atoms with van der Waals surface area (Å²) >= 11 is 0. The Labute approximate surface area is 122 Å². The van der Waals surface area contributed by atoms with Gasteiger partial charge >= 0.3 is 0 Å². The van der Waals surface area contributed by atoms with Crippen LogP contribution in [0.15, 0.2) is 36.4 Å². The van der Waals surface area contributed by atoms with Crippen LogP contribution in [0.2, 0.25) is 0 Å². The lowest BCUT2D eigenvalue weighted by molar-refractivity contribution is 0.629. The van der Waals surface area contributed by atoms with E-state index in [-0.39, 0.29) is 5.82 Å². The molecule has 0 saturated heterocycles. The average Bonchev–Trinajstić information content (AvgIpc) is 2.45. The highest BCUT2D eigenvalue weighted by Crippen LogP contribution is 2.26. The van der Waals surface area contributed by atoms with Crippen molar-refractivity contribution in [3.63, 3.8) is 0 Å². The molecule has 0 atom stereocenters. The maximum Gasteiger partial charge on any atom is 0.162 e. The highest BCUT2D eigenvalue weighted by atomic mass is 19.1. The number of halogens is 1. The first kappa shape index (κ1) is 13.5. The molecule has 106 valence electrons. The maximum absolute atomic E-state index is 13.4. The summed E-state index contributed by atoms with van der Waals surface area (Å²) in [7, 11) is 1.78. The summed E-state index contributed by atoms with van der Waals surface area (Å²) in [5.74, 6) is 0.987. The van der Waals surface area contributed by atoms with Crippen LogP contribution in [0.1, 0.15) is 11.1 Å². The van der Waals surface area contributed by atoms with Crippen LogP contribution in [0.4, 0.5) is 10.2 Å². The van der Waals surface area contributed by atoms with E-state index in [2.05, 4.69) is 33.5 Å². The molecule has 0 saturated carbocycles. The van der Waals surface area contributed by atoms with Crippen LogP contribution in [0.25, 0.3) is 22.3 Å². The SMILES string of the molecule is CNc1nc(-c2cc(C)cc(C)c2)nc2ccc(F)cc12. The fourth-order valence-electron chi connectivity index (χ4n) is 2.52. The number of benzene rings is 2. The molecule has 3 rings (SSSR count). The van der Waals surface area contributed by atoms with Gasteiger partial charge in [0.1, 0.15) is 11.6 Å². The van der Waals surface area contributed by atoms with Crippen molar-refractivity contribution in [1.29, 1.82) is 0 Å². The van der Waals surface area contributed by atoms with E-state index in [1.807, 2.05) is 13.8 Å². The number of hydrogen-bond donors (Lipinski definition) is 1. The lowest BCUT2D eigenvalue weighted by atomic mass is 10.1. The minimum absolute atomic E-state index is 0.290. The van der Waals surface area contributed by atoms with E-state index in [1.165, 1.54) is 23.3 Å². The Morgan fingerprint density at radius 2 is 1.67 bits per heavy atom. The van der Waals surface area contributed by atoms with Gasteiger partial charge in [0.25, 0.3) is 0 Å². The minimum Gasteiger partial charge on any atom is -0.373 e. The van der Waals surface area contributed by atoms with E-state index in [0.29, 0.717) is 17.0 Å². The molecule has 3 nitrogen and oxygen atoms in total. The van der Waals surface area contributed by atoms with Crippen molar-refractivity contribution in [2.45, 2.75) is 13.8 Å². The largest absolute Gasteiger partial charge is 0.373 e. The van der Waals surface area contributed by atoms with Gasteiger partial charge in [0.15, 0.2) is 5.82 Å². The van der Waals surface area contributed by atoms with Crippen LogP contribution >= 0.6 is 0 Å². The van der Waals surface area contributed by atoms with Gasteiger partial charge in [-0.05, 0) is 44.2 Å². The molecule has 0 aliphatic carbocycles. The summed E-state index contributed by atoms with van der Waals surface area (Å²) in [5, 5.41) is 3.70. The molecule has 0 unspecified atom stereocenters. The van der Waals surface area contributed by atoms with E-state index >= 15 is 0 Å². The molecule has 0 radical (unpaired) electrons. The number of anilines is 1. The van der Waals surface area contributed by atoms with Gasteiger partial charge in [-0.2, -0.15) is 0 Å². The first-order chi connectivity index (χ1) is 10.1. The summed E-state index contributed by atoms with van der Waals surface area (Å²) in [5.41, 5.74) is 4.03. The van der Waals surface area contributed by atoms with E-state index in [0.717, 1.165) is 11.1 Å². The zero-order valence-corrected chi connectivity index (χ0v) is 12.2. The van der Waals surface area contributed by atoms with Crippen molar-refractivity contribution in [1.82, 2.24) is 9.97 Å². The Kier molecular flexibility index (Phi) is 3.29. The van der Waals surface area contributed by atoms with Crippen LogP contribution in [0.5, 0.6) is 0 Å². The molecule has 4 heteroatoms. The number of hydrogen-bond acceptors (Lipinski definition) is 3. The van der Waals surface area contributed by atoms with Gasteiger partial charge in [0.2, 0.25) is 0 Å². The average molecular weight is 281 g/mol.